The number of carbonyl (C=O) groups is 2. The summed E-state index contributed by atoms with van der Waals surface area (Å²) in [6.45, 7) is 14.2. The van der Waals surface area contributed by atoms with E-state index in [9.17, 15) is 9.59 Å². The van der Waals surface area contributed by atoms with Crippen LogP contribution in [-0.4, -0.2) is 22.2 Å². The number of carboxylic acid groups (broad SMARTS) is 2. The molecule has 0 radical (unpaired) electrons. The summed E-state index contributed by atoms with van der Waals surface area (Å²) >= 11 is 0. The van der Waals surface area contributed by atoms with Gasteiger partial charge in [-0.3, -0.25) is 9.59 Å². The van der Waals surface area contributed by atoms with Crippen LogP contribution in [0.25, 0.3) is 0 Å². The molecule has 1 aromatic carbocycles. The van der Waals surface area contributed by atoms with Gasteiger partial charge in [-0.15, -0.1) is 0 Å². The van der Waals surface area contributed by atoms with Gasteiger partial charge in [0.2, 0.25) is 0 Å². The molecule has 0 spiro atoms. The second kappa shape index (κ2) is 12.2. The molecule has 2 aliphatic carbocycles. The Kier molecular flexibility index (Phi) is 10.2. The van der Waals surface area contributed by atoms with Crippen molar-refractivity contribution >= 4 is 11.9 Å². The Labute approximate surface area is 207 Å². The highest BCUT2D eigenvalue weighted by atomic mass is 16.4. The van der Waals surface area contributed by atoms with Gasteiger partial charge in [0.05, 0.1) is 0 Å². The molecule has 0 heterocycles. The van der Waals surface area contributed by atoms with E-state index in [4.69, 9.17) is 10.2 Å². The smallest absolute Gasteiger partial charge is 0.321 e. The van der Waals surface area contributed by atoms with Gasteiger partial charge in [-0.25, -0.2) is 0 Å². The average molecular weight is 473 g/mol. The summed E-state index contributed by atoms with van der Waals surface area (Å²) in [5.74, 6) is 1.22. The fourth-order valence-electron chi connectivity index (χ4n) is 7.11. The predicted octanol–water partition coefficient (Wildman–Crippen LogP) is 7.71. The molecule has 0 bridgehead atoms. The minimum atomic E-state index is -1.52. The van der Waals surface area contributed by atoms with Crippen LogP contribution >= 0.6 is 0 Å². The van der Waals surface area contributed by atoms with Crippen LogP contribution in [0.15, 0.2) is 30.3 Å². The molecule has 1 aromatic rings. The topological polar surface area (TPSA) is 74.6 Å². The largest absolute Gasteiger partial charge is 0.480 e. The second-order valence-electron chi connectivity index (χ2n) is 11.9. The van der Waals surface area contributed by atoms with Gasteiger partial charge in [-0.05, 0) is 79.1 Å². The maximum Gasteiger partial charge on any atom is 0.321 e. The summed E-state index contributed by atoms with van der Waals surface area (Å²) in [5, 5.41) is 17.8. The van der Waals surface area contributed by atoms with E-state index in [0.717, 1.165) is 30.1 Å². The number of aryl methyl sites for hydroxylation is 1. The van der Waals surface area contributed by atoms with E-state index in [0.29, 0.717) is 11.8 Å². The van der Waals surface area contributed by atoms with Gasteiger partial charge in [-0.1, -0.05) is 91.1 Å². The van der Waals surface area contributed by atoms with E-state index in [-0.39, 0.29) is 18.8 Å². The lowest BCUT2D eigenvalue weighted by Crippen LogP contribution is -2.44. The number of carboxylic acids is 2. The highest BCUT2D eigenvalue weighted by Gasteiger charge is 2.49. The van der Waals surface area contributed by atoms with Gasteiger partial charge >= 0.3 is 11.9 Å². The Morgan fingerprint density at radius 2 is 1.50 bits per heavy atom. The second-order valence-corrected chi connectivity index (χ2v) is 11.9. The van der Waals surface area contributed by atoms with Gasteiger partial charge < -0.3 is 10.2 Å². The van der Waals surface area contributed by atoms with Gasteiger partial charge in [-0.2, -0.15) is 0 Å². The molecule has 34 heavy (non-hydrogen) atoms. The first-order chi connectivity index (χ1) is 16.0. The third kappa shape index (κ3) is 6.43. The van der Waals surface area contributed by atoms with E-state index in [1.54, 1.807) is 0 Å². The van der Waals surface area contributed by atoms with Crippen molar-refractivity contribution < 1.29 is 19.8 Å². The molecule has 2 N–H and O–H groups in total. The van der Waals surface area contributed by atoms with Crippen LogP contribution in [-0.2, 0) is 16.0 Å². The van der Waals surface area contributed by atoms with Crippen molar-refractivity contribution in [3.63, 3.8) is 0 Å². The molecule has 2 aliphatic rings. The van der Waals surface area contributed by atoms with Crippen molar-refractivity contribution in [1.82, 2.24) is 0 Å². The van der Waals surface area contributed by atoms with E-state index < -0.39 is 17.4 Å². The molecule has 3 atom stereocenters. The zero-order valence-electron chi connectivity index (χ0n) is 22.3. The minimum absolute atomic E-state index is 0.195. The number of benzene rings is 1. The number of hydrogen-bond acceptors (Lipinski definition) is 2. The molecule has 0 aromatic heterocycles. The van der Waals surface area contributed by atoms with Crippen molar-refractivity contribution in [3.05, 3.63) is 35.9 Å². The first-order valence-corrected chi connectivity index (χ1v) is 13.5. The maximum atomic E-state index is 10.9. The summed E-state index contributed by atoms with van der Waals surface area (Å²) in [4.78, 5) is 21.8. The van der Waals surface area contributed by atoms with Crippen molar-refractivity contribution in [2.45, 2.75) is 99.3 Å². The molecule has 0 amide bonds. The summed E-state index contributed by atoms with van der Waals surface area (Å²) in [7, 11) is 0. The molecule has 2 saturated carbocycles. The Balaban J connectivity index is 0.000000270. The average Bonchev–Trinajstić information content (AvgIpc) is 2.78. The van der Waals surface area contributed by atoms with Gasteiger partial charge in [0.15, 0.2) is 5.41 Å². The van der Waals surface area contributed by atoms with Crippen molar-refractivity contribution in [2.24, 2.45) is 40.4 Å². The maximum absolute atomic E-state index is 10.9. The third-order valence-electron chi connectivity index (χ3n) is 9.11. The normalized spacial score (nSPS) is 25.9. The van der Waals surface area contributed by atoms with Crippen LogP contribution in [0.5, 0.6) is 0 Å². The fourth-order valence-corrected chi connectivity index (χ4v) is 7.11. The van der Waals surface area contributed by atoms with E-state index in [1.807, 2.05) is 6.92 Å². The highest BCUT2D eigenvalue weighted by molar-refractivity contribution is 5.98. The van der Waals surface area contributed by atoms with Gasteiger partial charge in [0, 0.05) is 0 Å². The lowest BCUT2D eigenvalue weighted by molar-refractivity contribution is -0.168. The SMILES string of the molecule is CC(C)C1(C(C)C)CC[C@@H](C)C[C@H]1CCc1ccccc1.CC1CCCC(C(=O)O)(C(=O)O)C1. The standard InChI is InChI=1S/C21H34.C9H14O4/c1-16(2)21(17(3)4)14-13-18(5)15-20(21)12-11-19-9-7-6-8-10-19;1-6-3-2-4-9(5-6,7(10)11)8(12)13/h6-10,16-18,20H,11-15H2,1-5H3;6H,2-5H2,1H3,(H,10,11)(H,12,13)/t18-,20-;/m1./s1. The quantitative estimate of drug-likeness (QED) is 0.399. The number of aliphatic carboxylic acids is 2. The van der Waals surface area contributed by atoms with Crippen LogP contribution in [0, 0.1) is 40.4 Å². The fraction of sp³-hybridized carbons (Fsp3) is 0.733. The van der Waals surface area contributed by atoms with Gasteiger partial charge in [0.25, 0.3) is 0 Å². The molecule has 4 nitrogen and oxygen atoms in total. The Bertz CT molecular complexity index is 760. The first kappa shape index (κ1) is 28.4. The van der Waals surface area contributed by atoms with E-state index in [1.165, 1.54) is 37.7 Å². The van der Waals surface area contributed by atoms with Crippen LogP contribution in [0.2, 0.25) is 0 Å². The Hall–Kier alpha value is -1.84. The molecule has 2 fully saturated rings. The number of hydrogen-bond donors (Lipinski definition) is 2. The molecule has 192 valence electrons. The summed E-state index contributed by atoms with van der Waals surface area (Å²) < 4.78 is 0. The zero-order chi connectivity index (χ0) is 25.5. The zero-order valence-corrected chi connectivity index (χ0v) is 22.3. The Morgan fingerprint density at radius 3 is 1.97 bits per heavy atom. The summed E-state index contributed by atoms with van der Waals surface area (Å²) in [6, 6.07) is 11.1. The van der Waals surface area contributed by atoms with Gasteiger partial charge in [0.1, 0.15) is 0 Å². The molecular formula is C30H48O4. The van der Waals surface area contributed by atoms with E-state index in [2.05, 4.69) is 65.0 Å². The van der Waals surface area contributed by atoms with Crippen LogP contribution in [0.3, 0.4) is 0 Å². The molecule has 0 saturated heterocycles. The Morgan fingerprint density at radius 1 is 0.912 bits per heavy atom. The molecule has 0 aliphatic heterocycles. The highest BCUT2D eigenvalue weighted by Crippen LogP contribution is 2.54. The molecule has 3 rings (SSSR count). The predicted molar refractivity (Wildman–Crippen MR) is 139 cm³/mol. The first-order valence-electron chi connectivity index (χ1n) is 13.5. The van der Waals surface area contributed by atoms with Crippen molar-refractivity contribution in [1.29, 1.82) is 0 Å². The molecule has 4 heteroatoms. The van der Waals surface area contributed by atoms with E-state index >= 15 is 0 Å². The third-order valence-corrected chi connectivity index (χ3v) is 9.11. The lowest BCUT2D eigenvalue weighted by atomic mass is 9.53. The monoisotopic (exact) mass is 472 g/mol. The van der Waals surface area contributed by atoms with Crippen LogP contribution in [0.4, 0.5) is 0 Å². The molecule has 1 unspecified atom stereocenters. The van der Waals surface area contributed by atoms with Crippen molar-refractivity contribution in [2.75, 3.05) is 0 Å². The van der Waals surface area contributed by atoms with Crippen LogP contribution in [0.1, 0.15) is 98.5 Å². The number of rotatable bonds is 7. The van der Waals surface area contributed by atoms with Crippen LogP contribution < -0.4 is 0 Å². The summed E-state index contributed by atoms with van der Waals surface area (Å²) in [6.07, 6.45) is 9.07. The summed E-state index contributed by atoms with van der Waals surface area (Å²) in [5.41, 5.74) is 0.552. The minimum Gasteiger partial charge on any atom is -0.480 e. The molecular weight excluding hydrogens is 424 g/mol. The van der Waals surface area contributed by atoms with Crippen molar-refractivity contribution in [3.8, 4) is 0 Å². The lowest BCUT2D eigenvalue weighted by Gasteiger charge is -2.52.